The number of rotatable bonds is 4. The van der Waals surface area contributed by atoms with Crippen LogP contribution in [0.4, 0.5) is 14.9 Å². The second-order valence-electron chi connectivity index (χ2n) is 6.81. The molecule has 1 N–H and O–H groups in total. The number of hydrogen-bond acceptors (Lipinski definition) is 2. The fourth-order valence-electron chi connectivity index (χ4n) is 2.90. The fraction of sp³-hybridized carbons (Fsp3) is 0.238. The monoisotopic (exact) mass is 366 g/mol. The molecule has 0 atom stereocenters. The molecular formula is C21H23FN4O. The molecule has 0 spiro atoms. The van der Waals surface area contributed by atoms with Crippen LogP contribution in [0, 0.1) is 19.7 Å². The van der Waals surface area contributed by atoms with E-state index < -0.39 is 5.82 Å². The molecule has 2 aromatic carbocycles. The average Bonchev–Trinajstić information content (AvgIpc) is 3.04. The molecule has 0 saturated carbocycles. The highest BCUT2D eigenvalue weighted by atomic mass is 19.1. The smallest absolute Gasteiger partial charge is 0.321 e. The molecule has 1 heterocycles. The van der Waals surface area contributed by atoms with Gasteiger partial charge in [0.25, 0.3) is 0 Å². The van der Waals surface area contributed by atoms with E-state index in [0.29, 0.717) is 23.4 Å². The van der Waals surface area contributed by atoms with E-state index in [2.05, 4.69) is 16.5 Å². The second-order valence-corrected chi connectivity index (χ2v) is 6.81. The van der Waals surface area contributed by atoms with Crippen LogP contribution in [0.2, 0.25) is 0 Å². The van der Waals surface area contributed by atoms with Crippen LogP contribution in [-0.2, 0) is 13.6 Å². The number of anilines is 1. The third-order valence-corrected chi connectivity index (χ3v) is 4.50. The van der Waals surface area contributed by atoms with Gasteiger partial charge in [0.15, 0.2) is 0 Å². The molecule has 27 heavy (non-hydrogen) atoms. The molecule has 3 rings (SSSR count). The van der Waals surface area contributed by atoms with Crippen molar-refractivity contribution in [3.63, 3.8) is 0 Å². The van der Waals surface area contributed by atoms with Crippen molar-refractivity contribution in [3.8, 4) is 11.1 Å². The van der Waals surface area contributed by atoms with E-state index in [1.165, 1.54) is 6.07 Å². The number of aryl methyl sites for hydroxylation is 3. The van der Waals surface area contributed by atoms with Crippen LogP contribution in [0.3, 0.4) is 0 Å². The number of halogens is 1. The summed E-state index contributed by atoms with van der Waals surface area (Å²) in [6, 6.07) is 10.5. The van der Waals surface area contributed by atoms with E-state index in [1.807, 2.05) is 26.0 Å². The predicted octanol–water partition coefficient (Wildman–Crippen LogP) is 4.51. The number of aromatic nitrogens is 2. The summed E-state index contributed by atoms with van der Waals surface area (Å²) in [7, 11) is 3.50. The van der Waals surface area contributed by atoms with Crippen molar-refractivity contribution in [2.45, 2.75) is 20.4 Å². The van der Waals surface area contributed by atoms with E-state index in [9.17, 15) is 9.18 Å². The molecule has 0 unspecified atom stereocenters. The molecule has 0 aliphatic heterocycles. The summed E-state index contributed by atoms with van der Waals surface area (Å²) in [6.45, 7) is 4.53. The third-order valence-electron chi connectivity index (χ3n) is 4.50. The minimum atomic E-state index is -0.405. The lowest BCUT2D eigenvalue weighted by Gasteiger charge is -2.20. The third kappa shape index (κ3) is 4.34. The number of nitrogens with one attached hydrogen (secondary N) is 1. The van der Waals surface area contributed by atoms with Crippen molar-refractivity contribution < 1.29 is 9.18 Å². The number of amides is 2. The van der Waals surface area contributed by atoms with Crippen LogP contribution in [0.15, 0.2) is 48.8 Å². The van der Waals surface area contributed by atoms with Crippen molar-refractivity contribution in [1.82, 2.24) is 14.7 Å². The zero-order chi connectivity index (χ0) is 19.6. The van der Waals surface area contributed by atoms with Crippen molar-refractivity contribution in [1.29, 1.82) is 0 Å². The lowest BCUT2D eigenvalue weighted by molar-refractivity contribution is 0.220. The Morgan fingerprint density at radius 1 is 1.22 bits per heavy atom. The van der Waals surface area contributed by atoms with Gasteiger partial charge in [-0.3, -0.25) is 4.68 Å². The maximum absolute atomic E-state index is 14.4. The Morgan fingerprint density at radius 3 is 2.67 bits per heavy atom. The Bertz CT molecular complexity index is 980. The van der Waals surface area contributed by atoms with Crippen molar-refractivity contribution in [2.75, 3.05) is 12.4 Å². The van der Waals surface area contributed by atoms with Crippen LogP contribution in [-0.4, -0.2) is 27.8 Å². The molecule has 0 saturated heterocycles. The van der Waals surface area contributed by atoms with Gasteiger partial charge in [-0.2, -0.15) is 5.10 Å². The molecule has 140 valence electrons. The zero-order valence-corrected chi connectivity index (χ0v) is 16.0. The van der Waals surface area contributed by atoms with E-state index in [0.717, 1.165) is 16.7 Å². The number of carbonyl (C=O) groups excluding carboxylic acids is 1. The molecule has 0 aliphatic carbocycles. The number of benzene rings is 2. The van der Waals surface area contributed by atoms with Crippen LogP contribution in [0.1, 0.15) is 16.7 Å². The first-order chi connectivity index (χ1) is 12.8. The van der Waals surface area contributed by atoms with Crippen LogP contribution in [0.5, 0.6) is 0 Å². The molecule has 0 fully saturated rings. The van der Waals surface area contributed by atoms with Gasteiger partial charge in [0.2, 0.25) is 0 Å². The Kier molecular flexibility index (Phi) is 5.26. The first kappa shape index (κ1) is 18.6. The van der Waals surface area contributed by atoms with Gasteiger partial charge in [-0.15, -0.1) is 0 Å². The first-order valence-electron chi connectivity index (χ1n) is 8.70. The molecule has 3 aromatic rings. The lowest BCUT2D eigenvalue weighted by Crippen LogP contribution is -2.31. The summed E-state index contributed by atoms with van der Waals surface area (Å²) >= 11 is 0. The summed E-state index contributed by atoms with van der Waals surface area (Å²) in [5, 5.41) is 6.80. The molecular weight excluding hydrogens is 343 g/mol. The molecule has 2 amide bonds. The molecule has 5 nitrogen and oxygen atoms in total. The van der Waals surface area contributed by atoms with Gasteiger partial charge in [-0.1, -0.05) is 23.8 Å². The fourth-order valence-corrected chi connectivity index (χ4v) is 2.90. The van der Waals surface area contributed by atoms with Gasteiger partial charge in [-0.25, -0.2) is 9.18 Å². The summed E-state index contributed by atoms with van der Waals surface area (Å²) in [5.74, 6) is -0.405. The molecule has 6 heteroatoms. The van der Waals surface area contributed by atoms with Gasteiger partial charge in [0, 0.05) is 43.7 Å². The summed E-state index contributed by atoms with van der Waals surface area (Å²) < 4.78 is 16.1. The molecule has 0 radical (unpaired) electrons. The van der Waals surface area contributed by atoms with Gasteiger partial charge < -0.3 is 10.2 Å². The maximum Gasteiger partial charge on any atom is 0.321 e. The normalized spacial score (nSPS) is 10.7. The summed E-state index contributed by atoms with van der Waals surface area (Å²) in [4.78, 5) is 14.0. The lowest BCUT2D eigenvalue weighted by atomic mass is 10.1. The Balaban J connectivity index is 1.70. The maximum atomic E-state index is 14.4. The van der Waals surface area contributed by atoms with Crippen LogP contribution >= 0.6 is 0 Å². The van der Waals surface area contributed by atoms with E-state index in [4.69, 9.17) is 0 Å². The highest BCUT2D eigenvalue weighted by Crippen LogP contribution is 2.25. The number of carbonyl (C=O) groups is 1. The van der Waals surface area contributed by atoms with Gasteiger partial charge >= 0.3 is 6.03 Å². The minimum Gasteiger partial charge on any atom is -0.323 e. The van der Waals surface area contributed by atoms with Gasteiger partial charge in [0.05, 0.1) is 6.20 Å². The standard InChI is InChI=1S/C21H23FN4O/c1-14-5-6-15(2)16(9-14)12-25(3)21(27)24-18-7-8-19(20(22)10-18)17-11-23-26(4)13-17/h5-11,13H,12H2,1-4H3,(H,24,27). The highest BCUT2D eigenvalue weighted by molar-refractivity contribution is 5.89. The quantitative estimate of drug-likeness (QED) is 0.739. The number of nitrogens with zero attached hydrogens (tertiary/aromatic N) is 3. The molecule has 1 aromatic heterocycles. The first-order valence-corrected chi connectivity index (χ1v) is 8.70. The predicted molar refractivity (Wildman–Crippen MR) is 105 cm³/mol. The van der Waals surface area contributed by atoms with E-state index in [-0.39, 0.29) is 6.03 Å². The van der Waals surface area contributed by atoms with Crippen molar-refractivity contribution in [2.24, 2.45) is 7.05 Å². The highest BCUT2D eigenvalue weighted by Gasteiger charge is 2.13. The van der Waals surface area contributed by atoms with Crippen molar-refractivity contribution >= 4 is 11.7 Å². The number of hydrogen-bond donors (Lipinski definition) is 1. The second kappa shape index (κ2) is 7.61. The van der Waals surface area contributed by atoms with Crippen LogP contribution < -0.4 is 5.32 Å². The van der Waals surface area contributed by atoms with Gasteiger partial charge in [-0.05, 0) is 43.2 Å². The Morgan fingerprint density at radius 2 is 2.00 bits per heavy atom. The SMILES string of the molecule is Cc1ccc(C)c(CN(C)C(=O)Nc2ccc(-c3cnn(C)c3)c(F)c2)c1. The number of urea groups is 1. The largest absolute Gasteiger partial charge is 0.323 e. The summed E-state index contributed by atoms with van der Waals surface area (Å²) in [5.41, 5.74) is 4.93. The van der Waals surface area contributed by atoms with Crippen LogP contribution in [0.25, 0.3) is 11.1 Å². The topological polar surface area (TPSA) is 50.2 Å². The Labute approximate surface area is 158 Å². The summed E-state index contributed by atoms with van der Waals surface area (Å²) in [6.07, 6.45) is 3.35. The zero-order valence-electron chi connectivity index (χ0n) is 16.0. The Hall–Kier alpha value is -3.15. The van der Waals surface area contributed by atoms with Gasteiger partial charge in [0.1, 0.15) is 5.82 Å². The molecule has 0 bridgehead atoms. The van der Waals surface area contributed by atoms with Crippen molar-refractivity contribution in [3.05, 3.63) is 71.3 Å². The molecule has 0 aliphatic rings. The van der Waals surface area contributed by atoms with E-state index >= 15 is 0 Å². The minimum absolute atomic E-state index is 0.288. The average molecular weight is 366 g/mol. The van der Waals surface area contributed by atoms with E-state index in [1.54, 1.807) is 48.2 Å².